The van der Waals surface area contributed by atoms with Crippen LogP contribution in [0.3, 0.4) is 0 Å². The standard InChI is InChI=1S/C22H18N6O/c1-14-25-26-21-11-10-19(27-28(14)21)15-6-8-17(9-7-15)24-22(29)12-16-13-23-20-5-3-2-4-18(16)20/h2-11,13,23H,12H2,1H3,(H,24,29). The second kappa shape index (κ2) is 6.87. The van der Waals surface area contributed by atoms with Crippen molar-refractivity contribution >= 4 is 28.1 Å². The monoisotopic (exact) mass is 382 g/mol. The van der Waals surface area contributed by atoms with Crippen LogP contribution in [0.5, 0.6) is 0 Å². The largest absolute Gasteiger partial charge is 0.361 e. The SMILES string of the molecule is Cc1nnc2ccc(-c3ccc(NC(=O)Cc4c[nH]c5ccccc45)cc3)nn12. The van der Waals surface area contributed by atoms with E-state index in [1.54, 1.807) is 4.52 Å². The van der Waals surface area contributed by atoms with Crippen LogP contribution < -0.4 is 5.32 Å². The minimum atomic E-state index is -0.0536. The van der Waals surface area contributed by atoms with Gasteiger partial charge in [-0.05, 0) is 42.8 Å². The van der Waals surface area contributed by atoms with Gasteiger partial charge < -0.3 is 10.3 Å². The Labute approximate surface area is 166 Å². The molecule has 0 fully saturated rings. The zero-order valence-corrected chi connectivity index (χ0v) is 15.8. The van der Waals surface area contributed by atoms with Crippen molar-refractivity contribution in [3.63, 3.8) is 0 Å². The van der Waals surface area contributed by atoms with Crippen molar-refractivity contribution in [1.29, 1.82) is 0 Å². The number of hydrogen-bond acceptors (Lipinski definition) is 4. The molecule has 2 aromatic carbocycles. The second-order valence-electron chi connectivity index (χ2n) is 6.90. The number of H-pyrrole nitrogens is 1. The molecule has 142 valence electrons. The van der Waals surface area contributed by atoms with Crippen LogP contribution in [-0.4, -0.2) is 30.7 Å². The molecule has 2 N–H and O–H groups in total. The summed E-state index contributed by atoms with van der Waals surface area (Å²) in [4.78, 5) is 15.7. The second-order valence-corrected chi connectivity index (χ2v) is 6.90. The smallest absolute Gasteiger partial charge is 0.228 e. The third-order valence-corrected chi connectivity index (χ3v) is 4.91. The lowest BCUT2D eigenvalue weighted by atomic mass is 10.1. The molecule has 0 unspecified atom stereocenters. The Morgan fingerprint density at radius 1 is 1.03 bits per heavy atom. The number of amides is 1. The van der Waals surface area contributed by atoms with Gasteiger partial charge in [0, 0.05) is 28.4 Å². The number of aromatic nitrogens is 5. The van der Waals surface area contributed by atoms with Crippen LogP contribution in [-0.2, 0) is 11.2 Å². The first kappa shape index (κ1) is 17.1. The van der Waals surface area contributed by atoms with Crippen molar-refractivity contribution < 1.29 is 4.79 Å². The summed E-state index contributed by atoms with van der Waals surface area (Å²) in [5.41, 5.74) is 5.25. The minimum Gasteiger partial charge on any atom is -0.361 e. The van der Waals surface area contributed by atoms with E-state index in [9.17, 15) is 4.79 Å². The molecule has 0 radical (unpaired) electrons. The maximum atomic E-state index is 12.5. The number of aromatic amines is 1. The zero-order valence-electron chi connectivity index (χ0n) is 15.8. The minimum absolute atomic E-state index is 0.0536. The summed E-state index contributed by atoms with van der Waals surface area (Å²) in [5, 5.41) is 16.7. The van der Waals surface area contributed by atoms with Gasteiger partial charge >= 0.3 is 0 Å². The van der Waals surface area contributed by atoms with Gasteiger partial charge in [0.1, 0.15) is 0 Å². The highest BCUT2D eigenvalue weighted by Crippen LogP contribution is 2.21. The number of carbonyl (C=O) groups excluding carboxylic acids is 1. The summed E-state index contributed by atoms with van der Waals surface area (Å²) >= 11 is 0. The van der Waals surface area contributed by atoms with E-state index in [0.29, 0.717) is 12.1 Å². The van der Waals surface area contributed by atoms with E-state index >= 15 is 0 Å². The average molecular weight is 382 g/mol. The summed E-state index contributed by atoms with van der Waals surface area (Å²) in [6, 6.07) is 19.4. The predicted octanol–water partition coefficient (Wildman–Crippen LogP) is 3.76. The molecule has 0 saturated heterocycles. The number of benzene rings is 2. The maximum absolute atomic E-state index is 12.5. The van der Waals surface area contributed by atoms with Crippen molar-refractivity contribution in [2.24, 2.45) is 0 Å². The molecule has 0 aliphatic heterocycles. The lowest BCUT2D eigenvalue weighted by molar-refractivity contribution is -0.115. The molecule has 0 saturated carbocycles. The lowest BCUT2D eigenvalue weighted by Crippen LogP contribution is -2.14. The van der Waals surface area contributed by atoms with Crippen LogP contribution in [0.1, 0.15) is 11.4 Å². The molecule has 7 heteroatoms. The van der Waals surface area contributed by atoms with Crippen LogP contribution in [0, 0.1) is 6.92 Å². The van der Waals surface area contributed by atoms with Gasteiger partial charge in [0.2, 0.25) is 5.91 Å². The summed E-state index contributed by atoms with van der Waals surface area (Å²) in [7, 11) is 0. The number of rotatable bonds is 4. The Morgan fingerprint density at radius 3 is 2.72 bits per heavy atom. The molecule has 3 heterocycles. The number of hydrogen-bond donors (Lipinski definition) is 2. The highest BCUT2D eigenvalue weighted by molar-refractivity contribution is 5.95. The van der Waals surface area contributed by atoms with Crippen molar-refractivity contribution in [1.82, 2.24) is 24.8 Å². The van der Waals surface area contributed by atoms with Gasteiger partial charge in [-0.15, -0.1) is 10.2 Å². The van der Waals surface area contributed by atoms with E-state index < -0.39 is 0 Å². The van der Waals surface area contributed by atoms with Crippen LogP contribution in [0.25, 0.3) is 27.8 Å². The number of carbonyl (C=O) groups is 1. The fraction of sp³-hybridized carbons (Fsp3) is 0.0909. The van der Waals surface area contributed by atoms with Crippen molar-refractivity contribution in [2.75, 3.05) is 5.32 Å². The molecule has 0 spiro atoms. The quantitative estimate of drug-likeness (QED) is 0.495. The number of nitrogens with zero attached hydrogens (tertiary/aromatic N) is 4. The summed E-state index contributed by atoms with van der Waals surface area (Å²) in [6.45, 7) is 1.86. The van der Waals surface area contributed by atoms with Gasteiger partial charge in [-0.25, -0.2) is 0 Å². The Balaban J connectivity index is 1.32. The van der Waals surface area contributed by atoms with Gasteiger partial charge in [-0.1, -0.05) is 30.3 Å². The van der Waals surface area contributed by atoms with E-state index in [-0.39, 0.29) is 5.91 Å². The van der Waals surface area contributed by atoms with Crippen molar-refractivity contribution in [2.45, 2.75) is 13.3 Å². The highest BCUT2D eigenvalue weighted by Gasteiger charge is 2.10. The molecular formula is C22H18N6O. The Kier molecular flexibility index (Phi) is 4.05. The molecule has 0 aliphatic rings. The van der Waals surface area contributed by atoms with Gasteiger partial charge in [-0.3, -0.25) is 4.79 Å². The third-order valence-electron chi connectivity index (χ3n) is 4.91. The number of para-hydroxylation sites is 1. The number of aryl methyl sites for hydroxylation is 1. The van der Waals surface area contributed by atoms with Crippen molar-refractivity contribution in [3.05, 3.63) is 78.2 Å². The molecule has 5 aromatic rings. The predicted molar refractivity (Wildman–Crippen MR) is 112 cm³/mol. The van der Waals surface area contributed by atoms with E-state index in [1.165, 1.54) is 0 Å². The Bertz CT molecular complexity index is 1330. The number of nitrogens with one attached hydrogen (secondary N) is 2. The van der Waals surface area contributed by atoms with Crippen LogP contribution in [0.4, 0.5) is 5.69 Å². The van der Waals surface area contributed by atoms with E-state index in [1.807, 2.05) is 73.8 Å². The first-order valence-corrected chi connectivity index (χ1v) is 9.32. The molecular weight excluding hydrogens is 364 g/mol. The number of fused-ring (bicyclic) bond motifs is 2. The molecule has 29 heavy (non-hydrogen) atoms. The summed E-state index contributed by atoms with van der Waals surface area (Å²) in [6.07, 6.45) is 2.21. The zero-order chi connectivity index (χ0) is 19.8. The molecule has 0 aliphatic carbocycles. The normalized spacial score (nSPS) is 11.2. The van der Waals surface area contributed by atoms with E-state index in [4.69, 9.17) is 0 Å². The highest BCUT2D eigenvalue weighted by atomic mass is 16.1. The Morgan fingerprint density at radius 2 is 1.86 bits per heavy atom. The van der Waals surface area contributed by atoms with Gasteiger partial charge in [0.15, 0.2) is 11.5 Å². The number of anilines is 1. The van der Waals surface area contributed by atoms with Gasteiger partial charge in [0.05, 0.1) is 12.1 Å². The maximum Gasteiger partial charge on any atom is 0.228 e. The fourth-order valence-corrected chi connectivity index (χ4v) is 3.43. The van der Waals surface area contributed by atoms with E-state index in [2.05, 4.69) is 25.6 Å². The average Bonchev–Trinajstić information content (AvgIpc) is 3.32. The topological polar surface area (TPSA) is 88.0 Å². The summed E-state index contributed by atoms with van der Waals surface area (Å²) < 4.78 is 1.71. The Hall–Kier alpha value is -4.00. The van der Waals surface area contributed by atoms with Crippen LogP contribution >= 0.6 is 0 Å². The lowest BCUT2D eigenvalue weighted by Gasteiger charge is -2.07. The fourth-order valence-electron chi connectivity index (χ4n) is 3.43. The summed E-state index contributed by atoms with van der Waals surface area (Å²) in [5.74, 6) is 0.685. The van der Waals surface area contributed by atoms with Gasteiger partial charge in [-0.2, -0.15) is 9.61 Å². The molecule has 3 aromatic heterocycles. The third kappa shape index (κ3) is 3.23. The van der Waals surface area contributed by atoms with Crippen LogP contribution in [0.15, 0.2) is 66.9 Å². The first-order chi connectivity index (χ1) is 14.2. The molecule has 0 bridgehead atoms. The molecule has 5 rings (SSSR count). The molecule has 1 amide bonds. The van der Waals surface area contributed by atoms with E-state index in [0.717, 1.165) is 39.2 Å². The molecule has 0 atom stereocenters. The van der Waals surface area contributed by atoms with Crippen LogP contribution in [0.2, 0.25) is 0 Å². The first-order valence-electron chi connectivity index (χ1n) is 9.32. The van der Waals surface area contributed by atoms with Crippen molar-refractivity contribution in [3.8, 4) is 11.3 Å². The molecule has 7 nitrogen and oxygen atoms in total. The van der Waals surface area contributed by atoms with Gasteiger partial charge in [0.25, 0.3) is 0 Å².